The Bertz CT molecular complexity index is 1450. The summed E-state index contributed by atoms with van der Waals surface area (Å²) in [6, 6.07) is 9.27. The number of hydrogen-bond donors (Lipinski definition) is 1. The molecule has 11 heteroatoms. The number of Topliss-reactive ketones (excluding diaryl/α,β-unsaturated/α-hetero) is 1. The van der Waals surface area contributed by atoms with Gasteiger partial charge in [-0.1, -0.05) is 51.1 Å². The van der Waals surface area contributed by atoms with E-state index in [1.165, 1.54) is 19.9 Å². The van der Waals surface area contributed by atoms with E-state index in [-0.39, 0.29) is 31.7 Å². The molecular formula is C34H40O11. The van der Waals surface area contributed by atoms with Crippen LogP contribution in [-0.4, -0.2) is 71.6 Å². The molecule has 3 aliphatic carbocycles. The fourth-order valence-electron chi connectivity index (χ4n) is 8.31. The number of ketones is 1. The van der Waals surface area contributed by atoms with E-state index >= 15 is 0 Å². The Morgan fingerprint density at radius 2 is 1.62 bits per heavy atom. The van der Waals surface area contributed by atoms with Crippen molar-refractivity contribution in [3.63, 3.8) is 0 Å². The van der Waals surface area contributed by atoms with Crippen LogP contribution in [0, 0.1) is 22.7 Å². The van der Waals surface area contributed by atoms with Crippen LogP contribution in [0.15, 0.2) is 47.6 Å². The first-order valence-corrected chi connectivity index (χ1v) is 15.2. The fourth-order valence-corrected chi connectivity index (χ4v) is 8.31. The highest BCUT2D eigenvalue weighted by Crippen LogP contribution is 2.65. The second-order valence-electron chi connectivity index (χ2n) is 13.3. The largest absolute Gasteiger partial charge is 0.506 e. The summed E-state index contributed by atoms with van der Waals surface area (Å²) in [6.07, 6.45) is -2.30. The number of carbonyl (C=O) groups is 5. The van der Waals surface area contributed by atoms with Crippen LogP contribution in [0.3, 0.4) is 0 Å². The summed E-state index contributed by atoms with van der Waals surface area (Å²) in [6.45, 7) is 9.79. The van der Waals surface area contributed by atoms with Crippen LogP contribution >= 0.6 is 0 Å². The van der Waals surface area contributed by atoms with Gasteiger partial charge in [0.1, 0.15) is 23.9 Å². The van der Waals surface area contributed by atoms with Gasteiger partial charge >= 0.3 is 24.1 Å². The molecule has 2 saturated carbocycles. The number of carbonyl (C=O) groups excluding carboxylic acids is 4. The summed E-state index contributed by atoms with van der Waals surface area (Å²) in [5.74, 6) is -3.50. The maximum atomic E-state index is 13.6. The molecule has 45 heavy (non-hydrogen) atoms. The highest BCUT2D eigenvalue weighted by Gasteiger charge is 2.74. The maximum absolute atomic E-state index is 13.6. The molecule has 242 valence electrons. The number of ether oxygens (including phenoxy) is 5. The SMILES string of the molecule is CC(=O)O[C@H]1C2[C@](C)(CC[C@H](OC(=O)C=Cc3ccccc3)[C@@]23CO3)[C@@H](OC(C)=O)[C@H](OC(=O)O)C2=C(C)C(=O)C[C@@H]1C2(C)C. The molecule has 11 nitrogen and oxygen atoms in total. The van der Waals surface area contributed by atoms with Gasteiger partial charge < -0.3 is 28.8 Å². The van der Waals surface area contributed by atoms with Crippen LogP contribution in [0.1, 0.15) is 66.4 Å². The predicted molar refractivity (Wildman–Crippen MR) is 158 cm³/mol. The molecule has 1 heterocycles. The molecule has 8 atom stereocenters. The lowest BCUT2D eigenvalue weighted by molar-refractivity contribution is -0.223. The summed E-state index contributed by atoms with van der Waals surface area (Å²) >= 11 is 0. The molecule has 0 amide bonds. The van der Waals surface area contributed by atoms with Gasteiger partial charge in [0, 0.05) is 43.6 Å². The quantitative estimate of drug-likeness (QED) is 0.203. The van der Waals surface area contributed by atoms with E-state index in [1.807, 2.05) is 51.1 Å². The highest BCUT2D eigenvalue weighted by molar-refractivity contribution is 5.97. The molecule has 2 bridgehead atoms. The number of esters is 3. The molecule has 3 fully saturated rings. The number of benzene rings is 1. The third-order valence-electron chi connectivity index (χ3n) is 10.3. The monoisotopic (exact) mass is 624 g/mol. The fraction of sp³-hybridized carbons (Fsp3) is 0.559. The third-order valence-corrected chi connectivity index (χ3v) is 10.3. The Labute approximate surface area is 261 Å². The van der Waals surface area contributed by atoms with Crippen molar-refractivity contribution in [2.45, 2.75) is 90.8 Å². The minimum Gasteiger partial charge on any atom is -0.462 e. The van der Waals surface area contributed by atoms with E-state index in [4.69, 9.17) is 23.7 Å². The first-order chi connectivity index (χ1) is 21.1. The summed E-state index contributed by atoms with van der Waals surface area (Å²) in [7, 11) is 0. The zero-order chi connectivity index (χ0) is 32.9. The van der Waals surface area contributed by atoms with Crippen LogP contribution in [0.25, 0.3) is 6.08 Å². The van der Waals surface area contributed by atoms with Gasteiger partial charge in [0.15, 0.2) is 11.9 Å². The minimum absolute atomic E-state index is 0.0191. The number of allylic oxidation sites excluding steroid dienone is 1. The van der Waals surface area contributed by atoms with Crippen molar-refractivity contribution in [2.75, 3.05) is 6.61 Å². The summed E-state index contributed by atoms with van der Waals surface area (Å²) in [5, 5.41) is 9.91. The standard InChI is InChI=1S/C34H40O11/c1-18-23(37)16-22-27(42-19(2)35)29-33(6,30(43-20(3)36)28(45-31(39)40)26(18)32(22,4)5)15-14-24(34(29)17-41-34)44-25(38)13-12-21-10-8-7-9-11-21/h7-13,22,24,27-30H,14-17H2,1-6H3,(H,39,40)/t22-,24-,27+,28+,29?,30-,33-,34-/m0/s1. The average Bonchev–Trinajstić information content (AvgIpc) is 3.73. The van der Waals surface area contributed by atoms with Gasteiger partial charge in [-0.2, -0.15) is 0 Å². The number of rotatable bonds is 6. The van der Waals surface area contributed by atoms with Crippen molar-refractivity contribution in [3.05, 3.63) is 53.1 Å². The van der Waals surface area contributed by atoms with Crippen LogP contribution in [-0.2, 0) is 42.9 Å². The van der Waals surface area contributed by atoms with E-state index in [2.05, 4.69) is 0 Å². The highest BCUT2D eigenvalue weighted by atomic mass is 16.7. The summed E-state index contributed by atoms with van der Waals surface area (Å²) in [4.78, 5) is 64.3. The topological polar surface area (TPSA) is 155 Å². The second-order valence-corrected chi connectivity index (χ2v) is 13.3. The van der Waals surface area contributed by atoms with Crippen LogP contribution in [0.4, 0.5) is 4.79 Å². The lowest BCUT2D eigenvalue weighted by Crippen LogP contribution is -2.68. The molecule has 4 aliphatic rings. The Morgan fingerprint density at radius 1 is 0.978 bits per heavy atom. The van der Waals surface area contributed by atoms with Crippen molar-refractivity contribution in [3.8, 4) is 0 Å². The molecular weight excluding hydrogens is 584 g/mol. The zero-order valence-corrected chi connectivity index (χ0v) is 26.4. The van der Waals surface area contributed by atoms with Gasteiger partial charge in [0.25, 0.3) is 0 Å². The first-order valence-electron chi connectivity index (χ1n) is 15.2. The molecule has 0 aromatic heterocycles. The minimum atomic E-state index is -1.59. The second kappa shape index (κ2) is 11.7. The van der Waals surface area contributed by atoms with E-state index in [1.54, 1.807) is 13.0 Å². The van der Waals surface area contributed by atoms with Crippen molar-refractivity contribution in [2.24, 2.45) is 22.7 Å². The number of fused-ring (bicyclic) bond motifs is 4. The molecule has 0 radical (unpaired) electrons. The molecule has 1 spiro atoms. The van der Waals surface area contributed by atoms with Gasteiger partial charge in [0.05, 0.1) is 6.61 Å². The van der Waals surface area contributed by atoms with Crippen molar-refractivity contribution < 1.29 is 52.8 Å². The van der Waals surface area contributed by atoms with Gasteiger partial charge in [-0.15, -0.1) is 0 Å². The molecule has 1 N–H and O–H groups in total. The van der Waals surface area contributed by atoms with E-state index in [0.29, 0.717) is 11.1 Å². The molecule has 5 rings (SSSR count). The number of hydrogen-bond acceptors (Lipinski definition) is 10. The first kappa shape index (κ1) is 32.4. The Balaban J connectivity index is 1.66. The van der Waals surface area contributed by atoms with Crippen molar-refractivity contribution >= 4 is 35.9 Å². The Kier molecular flexibility index (Phi) is 8.46. The smallest absolute Gasteiger partial charge is 0.462 e. The van der Waals surface area contributed by atoms with Gasteiger partial charge in [-0.3, -0.25) is 14.4 Å². The van der Waals surface area contributed by atoms with Crippen LogP contribution < -0.4 is 0 Å². The lowest BCUT2D eigenvalue weighted by Gasteiger charge is -2.60. The van der Waals surface area contributed by atoms with E-state index in [9.17, 15) is 29.1 Å². The van der Waals surface area contributed by atoms with E-state index in [0.717, 1.165) is 5.56 Å². The van der Waals surface area contributed by atoms with Crippen LogP contribution in [0.2, 0.25) is 0 Å². The molecule has 1 aliphatic heterocycles. The Hall–Kier alpha value is -3.99. The molecule has 1 aromatic rings. The van der Waals surface area contributed by atoms with Gasteiger partial charge in [-0.05, 0) is 48.0 Å². The average molecular weight is 625 g/mol. The Morgan fingerprint density at radius 3 is 2.20 bits per heavy atom. The van der Waals surface area contributed by atoms with Gasteiger partial charge in [0.2, 0.25) is 0 Å². The van der Waals surface area contributed by atoms with Crippen LogP contribution in [0.5, 0.6) is 0 Å². The normalized spacial score (nSPS) is 35.1. The zero-order valence-electron chi connectivity index (χ0n) is 26.4. The molecule has 1 saturated heterocycles. The number of epoxide rings is 1. The summed E-state index contributed by atoms with van der Waals surface area (Å²) in [5.41, 5.74) is -1.69. The summed E-state index contributed by atoms with van der Waals surface area (Å²) < 4.78 is 29.9. The third kappa shape index (κ3) is 5.78. The molecule has 1 aromatic carbocycles. The van der Waals surface area contributed by atoms with Gasteiger partial charge in [-0.25, -0.2) is 9.59 Å². The van der Waals surface area contributed by atoms with Crippen molar-refractivity contribution in [1.82, 2.24) is 0 Å². The van der Waals surface area contributed by atoms with E-state index < -0.39 is 76.7 Å². The van der Waals surface area contributed by atoms with Crippen molar-refractivity contribution in [1.29, 1.82) is 0 Å². The lowest BCUT2D eigenvalue weighted by atomic mass is 9.48. The number of carboxylic acid groups (broad SMARTS) is 1. The maximum Gasteiger partial charge on any atom is 0.506 e. The predicted octanol–water partition coefficient (Wildman–Crippen LogP) is 4.67. The molecule has 1 unspecified atom stereocenters.